The van der Waals surface area contributed by atoms with Gasteiger partial charge < -0.3 is 0 Å². The number of Topliss-reactive ketones (excluding diaryl/α,β-unsaturated/α-hetero) is 3. The zero-order chi connectivity index (χ0) is 10.3. The second-order valence-electron chi connectivity index (χ2n) is 3.06. The van der Waals surface area contributed by atoms with Crippen molar-refractivity contribution in [3.63, 3.8) is 0 Å². The Bertz CT molecular complexity index is 211. The summed E-state index contributed by atoms with van der Waals surface area (Å²) >= 11 is 0. The molecule has 0 saturated heterocycles. The molecule has 3 nitrogen and oxygen atoms in total. The molecule has 0 aliphatic carbocycles. The van der Waals surface area contributed by atoms with Crippen molar-refractivity contribution in [1.82, 2.24) is 0 Å². The lowest BCUT2D eigenvalue weighted by atomic mass is 10.1. The second-order valence-corrected chi connectivity index (χ2v) is 3.06. The molecule has 4 heteroatoms. The van der Waals surface area contributed by atoms with Crippen LogP contribution in [0.25, 0.3) is 0 Å². The van der Waals surface area contributed by atoms with E-state index >= 15 is 0 Å². The molecule has 14 heavy (non-hydrogen) atoms. The van der Waals surface area contributed by atoms with E-state index in [0.29, 0.717) is 12.8 Å². The number of carbonyl (C=O) groups excluding carboxylic acids is 3. The number of hydrogen-bond donors (Lipinski definition) is 0. The smallest absolute Gasteiger partial charge is 0.205 e. The first-order valence-electron chi connectivity index (χ1n) is 4.69. The maximum absolute atomic E-state index is 11.0. The Hall–Kier alpha value is -0.458. The van der Waals surface area contributed by atoms with Gasteiger partial charge in [0.25, 0.3) is 0 Å². The van der Waals surface area contributed by atoms with Crippen molar-refractivity contribution in [3.8, 4) is 0 Å². The summed E-state index contributed by atoms with van der Waals surface area (Å²) in [6, 6.07) is 0. The van der Waals surface area contributed by atoms with Crippen LogP contribution in [0.15, 0.2) is 0 Å². The molecule has 0 aliphatic rings. The van der Waals surface area contributed by atoms with E-state index in [9.17, 15) is 14.4 Å². The highest BCUT2D eigenvalue weighted by Gasteiger charge is 2.15. The molecule has 0 amide bonds. The van der Waals surface area contributed by atoms with Crippen LogP contribution in [-0.4, -0.2) is 34.7 Å². The maximum Gasteiger partial charge on any atom is 0.205 e. The van der Waals surface area contributed by atoms with Gasteiger partial charge in [-0.1, -0.05) is 13.8 Å². The molecule has 0 atom stereocenters. The molecular weight excluding hydrogens is 195 g/mol. The highest BCUT2D eigenvalue weighted by atomic mass is 27.0. The van der Waals surface area contributed by atoms with Gasteiger partial charge in [0.2, 0.25) is 5.78 Å². The van der Waals surface area contributed by atoms with Gasteiger partial charge in [-0.2, -0.15) is 0 Å². The van der Waals surface area contributed by atoms with E-state index in [4.69, 9.17) is 0 Å². The van der Waals surface area contributed by atoms with Crippen LogP contribution in [0, 0.1) is 0 Å². The number of rotatable bonds is 7. The first-order chi connectivity index (χ1) is 6.11. The van der Waals surface area contributed by atoms with Crippen LogP contribution in [0.3, 0.4) is 0 Å². The van der Waals surface area contributed by atoms with Gasteiger partial charge in [-0.25, -0.2) is 0 Å². The molecule has 0 saturated carbocycles. The largest absolute Gasteiger partial charge is 0.299 e. The van der Waals surface area contributed by atoms with Crippen molar-refractivity contribution >= 4 is 34.7 Å². The van der Waals surface area contributed by atoms with Crippen molar-refractivity contribution < 1.29 is 14.4 Å². The zero-order valence-electron chi connectivity index (χ0n) is 8.26. The van der Waals surface area contributed by atoms with E-state index in [1.807, 2.05) is 13.8 Å². The minimum atomic E-state index is -0.527. The number of ketones is 3. The fourth-order valence-electron chi connectivity index (χ4n) is 1.01. The summed E-state index contributed by atoms with van der Waals surface area (Å²) in [6.45, 7) is 3.70. The van der Waals surface area contributed by atoms with E-state index in [-0.39, 0.29) is 36.0 Å². The third kappa shape index (κ3) is 6.99. The summed E-state index contributed by atoms with van der Waals surface area (Å²) in [5.74, 6) is -1.07. The standard InChI is InChI=1S/C10H16O3.Al.3H/c1-3-5-8(11)7-10(13)9(12)6-4-2;;;;/h3-7H2,1-2H3;;;;. The Morgan fingerprint density at radius 3 is 1.79 bits per heavy atom. The molecule has 0 fully saturated rings. The SMILES string of the molecule is CCCC(=O)CC(=O)C(=O)CCC.[AlH3]. The summed E-state index contributed by atoms with van der Waals surface area (Å²) in [7, 11) is 0. The zero-order valence-corrected chi connectivity index (χ0v) is 8.26. The van der Waals surface area contributed by atoms with Gasteiger partial charge in [0.05, 0.1) is 6.42 Å². The van der Waals surface area contributed by atoms with Crippen LogP contribution < -0.4 is 0 Å². The molecule has 0 aliphatic heterocycles. The van der Waals surface area contributed by atoms with Gasteiger partial charge in [-0.05, 0) is 12.8 Å². The molecule has 0 aromatic heterocycles. The van der Waals surface area contributed by atoms with Crippen molar-refractivity contribution in [2.45, 2.75) is 46.0 Å². The van der Waals surface area contributed by atoms with E-state index < -0.39 is 11.6 Å². The molecule has 0 heterocycles. The Balaban J connectivity index is 0. The van der Waals surface area contributed by atoms with Gasteiger partial charge in [0.1, 0.15) is 5.78 Å². The minimum Gasteiger partial charge on any atom is -0.299 e. The molecule has 0 N–H and O–H groups in total. The molecule has 0 bridgehead atoms. The predicted molar refractivity (Wildman–Crippen MR) is 59.4 cm³/mol. The molecule has 0 aromatic rings. The fraction of sp³-hybridized carbons (Fsp3) is 0.700. The van der Waals surface area contributed by atoms with Crippen molar-refractivity contribution in [2.24, 2.45) is 0 Å². The average Bonchev–Trinajstić information content (AvgIpc) is 2.05. The lowest BCUT2D eigenvalue weighted by molar-refractivity contribution is -0.138. The molecular formula is C10H19AlO3. The Morgan fingerprint density at radius 2 is 1.36 bits per heavy atom. The van der Waals surface area contributed by atoms with E-state index in [2.05, 4.69) is 0 Å². The number of hydrogen-bond acceptors (Lipinski definition) is 3. The van der Waals surface area contributed by atoms with Crippen LogP contribution in [0.2, 0.25) is 0 Å². The summed E-state index contributed by atoms with van der Waals surface area (Å²) in [6.07, 6.45) is 1.84. The molecule has 80 valence electrons. The van der Waals surface area contributed by atoms with Gasteiger partial charge in [-0.15, -0.1) is 0 Å². The summed E-state index contributed by atoms with van der Waals surface area (Å²) in [4.78, 5) is 33.0. The molecule has 0 radical (unpaired) electrons. The van der Waals surface area contributed by atoms with Crippen molar-refractivity contribution in [3.05, 3.63) is 0 Å². The maximum atomic E-state index is 11.0. The first kappa shape index (κ1) is 16.0. The topological polar surface area (TPSA) is 51.2 Å². The predicted octanol–water partition coefficient (Wildman–Crippen LogP) is 0.500. The minimum absolute atomic E-state index is 0. The van der Waals surface area contributed by atoms with Gasteiger partial charge in [0.15, 0.2) is 23.1 Å². The quantitative estimate of drug-likeness (QED) is 0.352. The molecule has 0 rings (SSSR count). The van der Waals surface area contributed by atoms with Gasteiger partial charge in [0, 0.05) is 12.8 Å². The molecule has 0 unspecified atom stereocenters. The second kappa shape index (κ2) is 9.11. The van der Waals surface area contributed by atoms with E-state index in [1.54, 1.807) is 0 Å². The Morgan fingerprint density at radius 1 is 0.857 bits per heavy atom. The van der Waals surface area contributed by atoms with Gasteiger partial charge in [-0.3, -0.25) is 14.4 Å². The molecule has 0 aromatic carbocycles. The lowest BCUT2D eigenvalue weighted by Gasteiger charge is -1.97. The number of carbonyl (C=O) groups is 3. The fourth-order valence-corrected chi connectivity index (χ4v) is 1.01. The highest BCUT2D eigenvalue weighted by molar-refractivity contribution is 6.40. The van der Waals surface area contributed by atoms with Crippen LogP contribution in [-0.2, 0) is 14.4 Å². The van der Waals surface area contributed by atoms with Crippen LogP contribution in [0.4, 0.5) is 0 Å². The summed E-state index contributed by atoms with van der Waals surface area (Å²) < 4.78 is 0. The van der Waals surface area contributed by atoms with Gasteiger partial charge >= 0.3 is 0 Å². The normalized spacial score (nSPS) is 9.00. The average molecular weight is 214 g/mol. The Labute approximate surface area is 95.4 Å². The van der Waals surface area contributed by atoms with Crippen LogP contribution >= 0.6 is 0 Å². The highest BCUT2D eigenvalue weighted by Crippen LogP contribution is 1.99. The third-order valence-corrected chi connectivity index (χ3v) is 1.67. The van der Waals surface area contributed by atoms with Crippen molar-refractivity contribution in [1.29, 1.82) is 0 Å². The third-order valence-electron chi connectivity index (χ3n) is 1.67. The van der Waals surface area contributed by atoms with Crippen molar-refractivity contribution in [2.75, 3.05) is 0 Å². The van der Waals surface area contributed by atoms with E-state index in [0.717, 1.165) is 6.42 Å². The molecule has 0 spiro atoms. The summed E-state index contributed by atoms with van der Waals surface area (Å²) in [5, 5.41) is 0. The van der Waals surface area contributed by atoms with Crippen LogP contribution in [0.1, 0.15) is 46.0 Å². The lowest BCUT2D eigenvalue weighted by Crippen LogP contribution is -2.17. The monoisotopic (exact) mass is 214 g/mol. The summed E-state index contributed by atoms with van der Waals surface area (Å²) in [5.41, 5.74) is 0. The van der Waals surface area contributed by atoms with E-state index in [1.165, 1.54) is 0 Å². The first-order valence-corrected chi connectivity index (χ1v) is 4.69. The van der Waals surface area contributed by atoms with Crippen LogP contribution in [0.5, 0.6) is 0 Å². The Kier molecular flexibility index (Phi) is 10.4.